The Morgan fingerprint density at radius 1 is 0.778 bits per heavy atom. The molecule has 4 heteroatoms. The van der Waals surface area contributed by atoms with Gasteiger partial charge in [0.15, 0.2) is 7.14 Å². The van der Waals surface area contributed by atoms with Gasteiger partial charge in [-0.2, -0.15) is 13.2 Å². The molecule has 2 aromatic rings. The molecule has 18 heavy (non-hydrogen) atoms. The summed E-state index contributed by atoms with van der Waals surface area (Å²) in [5, 5.41) is 0. The number of halogens is 4. The molecular formula is C14H11F3I+. The highest BCUT2D eigenvalue weighted by molar-refractivity contribution is 5.17. The first-order chi connectivity index (χ1) is 8.45. The van der Waals surface area contributed by atoms with Crippen LogP contribution in [-0.2, 0) is 6.18 Å². The predicted octanol–water partition coefficient (Wildman–Crippen LogP) is 1.14. The summed E-state index contributed by atoms with van der Waals surface area (Å²) in [6, 6.07) is 13.6. The molecule has 0 nitrogen and oxygen atoms in total. The molecule has 0 aromatic heterocycles. The zero-order chi connectivity index (χ0) is 13.2. The van der Waals surface area contributed by atoms with Crippen LogP contribution in [0.1, 0.15) is 11.1 Å². The second-order valence-corrected chi connectivity index (χ2v) is 6.93. The Labute approximate surface area is 114 Å². The van der Waals surface area contributed by atoms with Gasteiger partial charge in [-0.3, -0.25) is 0 Å². The summed E-state index contributed by atoms with van der Waals surface area (Å²) in [6.07, 6.45) is -4.25. The first-order valence-corrected chi connectivity index (χ1v) is 7.50. The summed E-state index contributed by atoms with van der Waals surface area (Å²) in [6.45, 7) is 2.01. The van der Waals surface area contributed by atoms with Gasteiger partial charge in [-0.25, -0.2) is 0 Å². The van der Waals surface area contributed by atoms with Gasteiger partial charge in [0.05, 0.1) is 5.56 Å². The van der Waals surface area contributed by atoms with E-state index in [1.54, 1.807) is 12.1 Å². The third kappa shape index (κ3) is 3.48. The SMILES string of the molecule is Cc1ccc([I+]c2ccc(C(F)(F)F)cc2)cc1. The van der Waals surface area contributed by atoms with Crippen molar-refractivity contribution in [2.24, 2.45) is 0 Å². The lowest BCUT2D eigenvalue weighted by Gasteiger charge is -2.04. The molecule has 0 spiro atoms. The van der Waals surface area contributed by atoms with Gasteiger partial charge in [0.1, 0.15) is 0 Å². The lowest BCUT2D eigenvalue weighted by molar-refractivity contribution is -0.597. The third-order valence-electron chi connectivity index (χ3n) is 2.40. The first-order valence-electron chi connectivity index (χ1n) is 5.34. The fourth-order valence-electron chi connectivity index (χ4n) is 1.42. The molecule has 0 radical (unpaired) electrons. The number of hydrogen-bond acceptors (Lipinski definition) is 0. The minimum atomic E-state index is -4.25. The number of hydrogen-bond donors (Lipinski definition) is 0. The van der Waals surface area contributed by atoms with Gasteiger partial charge in [0.2, 0.25) is 0 Å². The van der Waals surface area contributed by atoms with Gasteiger partial charge < -0.3 is 0 Å². The zero-order valence-corrected chi connectivity index (χ0v) is 11.8. The summed E-state index contributed by atoms with van der Waals surface area (Å²) in [4.78, 5) is 0. The van der Waals surface area contributed by atoms with Crippen LogP contribution < -0.4 is 21.2 Å². The predicted molar refractivity (Wildman–Crippen MR) is 60.0 cm³/mol. The van der Waals surface area contributed by atoms with Crippen molar-refractivity contribution in [2.45, 2.75) is 13.1 Å². The van der Waals surface area contributed by atoms with Gasteiger partial charge in [-0.1, -0.05) is 17.7 Å². The average Bonchev–Trinajstić information content (AvgIpc) is 2.32. The molecule has 0 saturated carbocycles. The van der Waals surface area contributed by atoms with E-state index in [1.165, 1.54) is 9.13 Å². The molecule has 94 valence electrons. The van der Waals surface area contributed by atoms with E-state index >= 15 is 0 Å². The van der Waals surface area contributed by atoms with Crippen LogP contribution in [0.15, 0.2) is 48.5 Å². The molecule has 0 amide bonds. The molecule has 0 atom stereocenters. The Morgan fingerprint density at radius 2 is 1.22 bits per heavy atom. The van der Waals surface area contributed by atoms with Gasteiger partial charge >= 0.3 is 27.4 Å². The molecule has 0 aliphatic carbocycles. The summed E-state index contributed by atoms with van der Waals surface area (Å²) in [7, 11) is 0. The van der Waals surface area contributed by atoms with E-state index in [-0.39, 0.29) is 0 Å². The summed E-state index contributed by atoms with van der Waals surface area (Å²) >= 11 is -0.401. The molecule has 0 aliphatic rings. The topological polar surface area (TPSA) is 0 Å². The second kappa shape index (κ2) is 5.30. The molecule has 0 unspecified atom stereocenters. The van der Waals surface area contributed by atoms with Gasteiger partial charge in [-0.15, -0.1) is 0 Å². The standard InChI is InChI=1S/C14H11F3I/c1-10-2-6-12(7-3-10)18-13-8-4-11(5-9-13)14(15,16)17/h2-9H,1H3/q+1. The summed E-state index contributed by atoms with van der Waals surface area (Å²) in [5.41, 5.74) is 0.606. The van der Waals surface area contributed by atoms with Crippen LogP contribution in [0, 0.1) is 14.1 Å². The van der Waals surface area contributed by atoms with Crippen LogP contribution in [-0.4, -0.2) is 0 Å². The Kier molecular flexibility index (Phi) is 3.94. The van der Waals surface area contributed by atoms with Crippen LogP contribution in [0.25, 0.3) is 0 Å². The van der Waals surface area contributed by atoms with Gasteiger partial charge in [0, 0.05) is 0 Å². The Balaban J connectivity index is 2.13. The number of benzene rings is 2. The molecule has 0 saturated heterocycles. The van der Waals surface area contributed by atoms with E-state index in [4.69, 9.17) is 0 Å². The molecule has 0 aliphatic heterocycles. The average molecular weight is 363 g/mol. The normalized spacial score (nSPS) is 11.6. The van der Waals surface area contributed by atoms with Crippen molar-refractivity contribution in [3.05, 3.63) is 66.8 Å². The molecule has 2 aromatic carbocycles. The van der Waals surface area contributed by atoms with E-state index in [0.717, 1.165) is 15.7 Å². The number of aryl methyl sites for hydroxylation is 1. The molecule has 2 rings (SSSR count). The van der Waals surface area contributed by atoms with Crippen molar-refractivity contribution >= 4 is 0 Å². The van der Waals surface area contributed by atoms with Crippen LogP contribution in [0.2, 0.25) is 0 Å². The van der Waals surface area contributed by atoms with Crippen LogP contribution >= 0.6 is 0 Å². The van der Waals surface area contributed by atoms with Crippen LogP contribution in [0.4, 0.5) is 13.2 Å². The first kappa shape index (κ1) is 13.4. The van der Waals surface area contributed by atoms with E-state index < -0.39 is 32.9 Å². The van der Waals surface area contributed by atoms with Gasteiger partial charge in [0.25, 0.3) is 0 Å². The van der Waals surface area contributed by atoms with Crippen molar-refractivity contribution in [3.8, 4) is 0 Å². The lowest BCUT2D eigenvalue weighted by atomic mass is 10.2. The second-order valence-electron chi connectivity index (χ2n) is 3.89. The maximum Gasteiger partial charge on any atom is 0.416 e. The Morgan fingerprint density at radius 3 is 1.67 bits per heavy atom. The molecule has 0 N–H and O–H groups in total. The van der Waals surface area contributed by atoms with Crippen molar-refractivity contribution in [2.75, 3.05) is 0 Å². The smallest absolute Gasteiger partial charge is 0.166 e. The van der Waals surface area contributed by atoms with Crippen molar-refractivity contribution < 1.29 is 34.4 Å². The largest absolute Gasteiger partial charge is 0.416 e. The minimum absolute atomic E-state index is 0.401. The highest BCUT2D eigenvalue weighted by Crippen LogP contribution is 2.28. The van der Waals surface area contributed by atoms with Gasteiger partial charge in [-0.05, 0) is 43.3 Å². The lowest BCUT2D eigenvalue weighted by Crippen LogP contribution is -3.61. The molecule has 0 bridgehead atoms. The quantitative estimate of drug-likeness (QED) is 0.703. The Bertz CT molecular complexity index is 512. The highest BCUT2D eigenvalue weighted by Gasteiger charge is 2.30. The summed E-state index contributed by atoms with van der Waals surface area (Å²) < 4.78 is 39.4. The molecular weight excluding hydrogens is 352 g/mol. The maximum absolute atomic E-state index is 12.4. The maximum atomic E-state index is 12.4. The van der Waals surface area contributed by atoms with Crippen molar-refractivity contribution in [3.63, 3.8) is 0 Å². The van der Waals surface area contributed by atoms with E-state index in [0.29, 0.717) is 0 Å². The van der Waals surface area contributed by atoms with E-state index in [1.807, 2.05) is 31.2 Å². The highest BCUT2D eigenvalue weighted by atomic mass is 127. The Hall–Kier alpha value is -1.04. The van der Waals surface area contributed by atoms with Crippen molar-refractivity contribution in [1.29, 1.82) is 0 Å². The van der Waals surface area contributed by atoms with E-state index in [9.17, 15) is 13.2 Å². The van der Waals surface area contributed by atoms with Crippen LogP contribution in [0.5, 0.6) is 0 Å². The van der Waals surface area contributed by atoms with Crippen LogP contribution in [0.3, 0.4) is 0 Å². The minimum Gasteiger partial charge on any atom is -0.166 e. The fourth-order valence-corrected chi connectivity index (χ4v) is 3.58. The van der Waals surface area contributed by atoms with E-state index in [2.05, 4.69) is 0 Å². The molecule has 0 fully saturated rings. The third-order valence-corrected chi connectivity index (χ3v) is 5.08. The fraction of sp³-hybridized carbons (Fsp3) is 0.143. The summed E-state index contributed by atoms with van der Waals surface area (Å²) in [5.74, 6) is 0. The zero-order valence-electron chi connectivity index (χ0n) is 9.63. The number of alkyl halides is 3. The monoisotopic (exact) mass is 363 g/mol. The molecule has 0 heterocycles. The van der Waals surface area contributed by atoms with Crippen molar-refractivity contribution in [1.82, 2.24) is 0 Å². The number of rotatable bonds is 2.